The zero-order valence-corrected chi connectivity index (χ0v) is 71.5. The number of hydrogen-bond donors (Lipinski definition) is 3. The third kappa shape index (κ3) is 19.1. The molecule has 0 saturated heterocycles. The highest BCUT2D eigenvalue weighted by molar-refractivity contribution is 6.13. The summed E-state index contributed by atoms with van der Waals surface area (Å²) in [4.78, 5) is 57.8. The van der Waals surface area contributed by atoms with Crippen molar-refractivity contribution in [3.63, 3.8) is 0 Å². The molecule has 4 heterocycles. The molecule has 0 spiro atoms. The van der Waals surface area contributed by atoms with Crippen molar-refractivity contribution >= 4 is 115 Å². The first-order chi connectivity index (χ1) is 59.3. The molecule has 0 aliphatic heterocycles. The number of Topliss-reactive ketones (excluding diaryl/α,β-unsaturated/α-hetero) is 2. The first-order valence-electron chi connectivity index (χ1n) is 41.0. The van der Waals surface area contributed by atoms with E-state index in [1.54, 1.807) is 46.8 Å². The fourth-order valence-electron chi connectivity index (χ4n) is 16.4. The van der Waals surface area contributed by atoms with Crippen molar-refractivity contribution < 1.29 is 66.3 Å². The number of fused-ring (bicyclic) bond motifs is 16. The zero-order chi connectivity index (χ0) is 87.3. The number of allylic oxidation sites excluding steroid dienone is 2. The Bertz CT molecular complexity index is 7000. The molecule has 1 atom stereocenters. The molecule has 17 nitrogen and oxygen atoms in total. The highest BCUT2D eigenvalue weighted by Gasteiger charge is 2.31. The number of benzene rings is 13. The quantitative estimate of drug-likeness (QED) is 0.0991. The van der Waals surface area contributed by atoms with Crippen LogP contribution in [0.1, 0.15) is 124 Å². The summed E-state index contributed by atoms with van der Waals surface area (Å²) in [6.45, 7) is 17.5. The summed E-state index contributed by atoms with van der Waals surface area (Å²) in [6.07, 6.45) is 11.6. The summed E-state index contributed by atoms with van der Waals surface area (Å²) in [5.41, 5.74) is 15.0. The number of phenolic OH excluding ortho intramolecular Hbond substituents is 1. The smallest absolute Gasteiger partial charge is 0.347 e. The number of ether oxygens (including phenoxy) is 5. The van der Waals surface area contributed by atoms with E-state index < -0.39 is 16.9 Å². The van der Waals surface area contributed by atoms with Crippen molar-refractivity contribution in [1.82, 2.24) is 0 Å². The van der Waals surface area contributed by atoms with Gasteiger partial charge >= 0.3 is 16.9 Å². The molecular formula is C106H100O17. The molecule has 17 heteroatoms. The van der Waals surface area contributed by atoms with Crippen LogP contribution in [0.25, 0.3) is 103 Å². The minimum Gasteiger partial charge on any atom is -0.507 e. The van der Waals surface area contributed by atoms with Gasteiger partial charge in [-0.3, -0.25) is 9.59 Å². The van der Waals surface area contributed by atoms with Crippen LogP contribution in [0.3, 0.4) is 0 Å². The maximum absolute atomic E-state index is 12.2. The van der Waals surface area contributed by atoms with Gasteiger partial charge in [0.15, 0.2) is 17.1 Å². The van der Waals surface area contributed by atoms with Gasteiger partial charge in [-0.05, 0) is 227 Å². The van der Waals surface area contributed by atoms with Crippen LogP contribution in [0.4, 0.5) is 0 Å². The highest BCUT2D eigenvalue weighted by Crippen LogP contribution is 2.41. The van der Waals surface area contributed by atoms with Gasteiger partial charge in [-0.2, -0.15) is 0 Å². The van der Waals surface area contributed by atoms with Crippen molar-refractivity contribution in [2.45, 2.75) is 119 Å². The number of furan rings is 1. The molecule has 13 aromatic carbocycles. The SMILES string of the molecule is CC(=O)COc1cc(=O)oc2c1ccc1c(C)cccc12.COc1cccc2c(C)cccc12.COc1cccc2c1CCC=C2C.COc1cccc2c1CCCC2(C)O.COc1cccc2c1CCCC2=O.Cc1cccc2c(O)cccc12.Cc1cccc2c1ccc1c(O)cc(=O)oc12.Cc1cccc2c1ccc1c3occ(C)c3c(=O)oc21. The normalized spacial score (nSPS) is 13.5. The van der Waals surface area contributed by atoms with E-state index >= 15 is 0 Å². The maximum atomic E-state index is 12.2. The number of aryl methyl sites for hydroxylation is 6. The van der Waals surface area contributed by atoms with Crippen LogP contribution in [0, 0.1) is 41.5 Å². The number of ketones is 2. The van der Waals surface area contributed by atoms with Gasteiger partial charge in [0, 0.05) is 61.2 Å². The van der Waals surface area contributed by atoms with Crippen LogP contribution in [-0.4, -0.2) is 61.9 Å². The van der Waals surface area contributed by atoms with Gasteiger partial charge in [-0.15, -0.1) is 0 Å². The molecule has 17 aromatic rings. The number of aliphatic hydroxyl groups is 1. The van der Waals surface area contributed by atoms with Gasteiger partial charge in [-0.1, -0.05) is 176 Å². The Balaban J connectivity index is 0.000000122. The molecule has 20 rings (SSSR count). The molecule has 0 radical (unpaired) electrons. The molecule has 0 saturated carbocycles. The molecule has 3 aliphatic carbocycles. The number of aromatic hydroxyl groups is 2. The van der Waals surface area contributed by atoms with Gasteiger partial charge in [0.25, 0.3) is 0 Å². The Labute approximate surface area is 712 Å². The first kappa shape index (κ1) is 86.8. The minimum absolute atomic E-state index is 0.0420. The minimum atomic E-state index is -0.678. The number of phenols is 1. The van der Waals surface area contributed by atoms with Crippen LogP contribution in [0.2, 0.25) is 0 Å². The average Bonchev–Trinajstić information content (AvgIpc) is 1.74. The van der Waals surface area contributed by atoms with Crippen LogP contribution >= 0.6 is 0 Å². The molecular weight excluding hydrogens is 1550 g/mol. The van der Waals surface area contributed by atoms with E-state index in [-0.39, 0.29) is 29.5 Å². The lowest BCUT2D eigenvalue weighted by Gasteiger charge is -2.31. The number of rotatable bonds is 7. The highest BCUT2D eigenvalue weighted by atomic mass is 16.5. The van der Waals surface area contributed by atoms with Gasteiger partial charge in [-0.25, -0.2) is 14.4 Å². The third-order valence-electron chi connectivity index (χ3n) is 22.8. The van der Waals surface area contributed by atoms with Crippen molar-refractivity contribution in [3.8, 4) is 40.2 Å². The van der Waals surface area contributed by atoms with Gasteiger partial charge in [0.2, 0.25) is 0 Å². The second kappa shape index (κ2) is 38.6. The number of methoxy groups -OCH3 is 4. The largest absolute Gasteiger partial charge is 0.507 e. The summed E-state index contributed by atoms with van der Waals surface area (Å²) in [7, 11) is 6.77. The standard InChI is InChI=1S/C17H14O4.C17H12O3.C14H10O3.C12H16O2.C12H14O.C12H12O.C11H12O2.C11H10O/c1-10-4-3-5-13-12(10)6-7-14-15(20-9-11(2)18)8-16(19)21-17(13)14;1-9-4-3-5-12-11(9)6-7-13-15(12)20-17(18)14-10(2)8-19-16(13)14;1-8-3-2-4-10-9(8)5-6-11-12(15)7-13(16)17-14(10)11;1-12(13)8-4-5-9-10(12)6-3-7-11(9)14-2;2*1-9-5-3-7-11-10(9)6-4-8-12(11)13-2;1-13-11-7-3-4-8-9(11)5-2-6-10(8)12;1-8-4-2-6-10-9(8)5-3-7-11(10)12/h3-8H,9H2,1-2H3;3-8H,1-2H3;2-7,15H,1H3;3,6-7,13H,4-5,8H2,1-2H3;4-6,8H,3,7H2,1-2H3;3-8H,1-2H3;3-4,7H,2,5-6H2,1H3;2-7,12H,1H3. The van der Waals surface area contributed by atoms with E-state index in [0.717, 1.165) is 161 Å². The van der Waals surface area contributed by atoms with Gasteiger partial charge in [0.1, 0.15) is 69.0 Å². The Morgan fingerprint density at radius 2 is 0.821 bits per heavy atom. The molecule has 1 unspecified atom stereocenters. The molecule has 0 fully saturated rings. The molecule has 0 bridgehead atoms. The van der Waals surface area contributed by atoms with Gasteiger partial charge < -0.3 is 56.7 Å². The van der Waals surface area contributed by atoms with E-state index in [0.29, 0.717) is 56.4 Å². The van der Waals surface area contributed by atoms with Crippen LogP contribution in [-0.2, 0) is 29.7 Å². The molecule has 4 aromatic heterocycles. The van der Waals surface area contributed by atoms with E-state index in [1.165, 1.54) is 57.2 Å². The fourth-order valence-corrected chi connectivity index (χ4v) is 16.4. The number of carbonyl (C=O) groups excluding carboxylic acids is 2. The lowest BCUT2D eigenvalue weighted by molar-refractivity contribution is -0.118. The predicted octanol–water partition coefficient (Wildman–Crippen LogP) is 24.0. The molecule has 626 valence electrons. The zero-order valence-electron chi connectivity index (χ0n) is 71.5. The third-order valence-corrected chi connectivity index (χ3v) is 22.8. The van der Waals surface area contributed by atoms with Gasteiger partial charge in [0.05, 0.1) is 68.6 Å². The summed E-state index contributed by atoms with van der Waals surface area (Å²) >= 11 is 0. The molecule has 0 amide bonds. The van der Waals surface area contributed by atoms with Crippen LogP contribution in [0.5, 0.6) is 40.2 Å². The average molecular weight is 1650 g/mol. The number of carbonyl (C=O) groups is 2. The van der Waals surface area contributed by atoms with Crippen molar-refractivity contribution in [3.05, 3.63) is 341 Å². The monoisotopic (exact) mass is 1640 g/mol. The first-order valence-corrected chi connectivity index (χ1v) is 41.0. The van der Waals surface area contributed by atoms with E-state index in [2.05, 4.69) is 56.3 Å². The summed E-state index contributed by atoms with van der Waals surface area (Å²) in [6, 6.07) is 73.2. The molecule has 3 N–H and O–H groups in total. The predicted molar refractivity (Wildman–Crippen MR) is 493 cm³/mol. The van der Waals surface area contributed by atoms with Crippen molar-refractivity contribution in [1.29, 1.82) is 0 Å². The van der Waals surface area contributed by atoms with Crippen LogP contribution < -0.4 is 40.6 Å². The fraction of sp³-hybridized carbons (Fsp3) is 0.217. The second-order valence-corrected chi connectivity index (χ2v) is 31.1. The Kier molecular flexibility index (Phi) is 27.2. The topological polar surface area (TPSA) is 245 Å². The maximum Gasteiger partial charge on any atom is 0.347 e. The van der Waals surface area contributed by atoms with E-state index in [9.17, 15) is 39.3 Å². The lowest BCUT2D eigenvalue weighted by atomic mass is 9.80. The Morgan fingerprint density at radius 1 is 0.390 bits per heavy atom. The lowest BCUT2D eigenvalue weighted by Crippen LogP contribution is -2.27. The molecule has 123 heavy (non-hydrogen) atoms. The van der Waals surface area contributed by atoms with E-state index in [4.69, 9.17) is 41.4 Å². The van der Waals surface area contributed by atoms with Crippen LogP contribution in [0.15, 0.2) is 275 Å². The Hall–Kier alpha value is -14.0. The van der Waals surface area contributed by atoms with E-state index in [1.807, 2.05) is 211 Å². The van der Waals surface area contributed by atoms with Crippen molar-refractivity contribution in [2.75, 3.05) is 35.0 Å². The molecule has 3 aliphatic rings. The summed E-state index contributed by atoms with van der Waals surface area (Å²) in [5.74, 6) is 4.57. The Morgan fingerprint density at radius 3 is 1.39 bits per heavy atom. The summed E-state index contributed by atoms with van der Waals surface area (Å²) in [5, 5.41) is 42.3. The van der Waals surface area contributed by atoms with Crippen molar-refractivity contribution in [2.24, 2.45) is 0 Å². The summed E-state index contributed by atoms with van der Waals surface area (Å²) < 4.78 is 48.2. The second-order valence-electron chi connectivity index (χ2n) is 31.1. The number of hydrogen-bond acceptors (Lipinski definition) is 17.